The predicted molar refractivity (Wildman–Crippen MR) is 79.1 cm³/mol. The van der Waals surface area contributed by atoms with Gasteiger partial charge in [-0.25, -0.2) is 4.79 Å². The summed E-state index contributed by atoms with van der Waals surface area (Å²) in [6.07, 6.45) is 0.661. The zero-order valence-electron chi connectivity index (χ0n) is 10.5. The molecular weight excluding hydrogens is 299 g/mol. The highest BCUT2D eigenvalue weighted by molar-refractivity contribution is 6.32. The molecule has 0 aromatic heterocycles. The van der Waals surface area contributed by atoms with Crippen LogP contribution in [0.3, 0.4) is 0 Å². The van der Waals surface area contributed by atoms with Crippen molar-refractivity contribution in [3.63, 3.8) is 0 Å². The minimum absolute atomic E-state index is 0.146. The van der Waals surface area contributed by atoms with Crippen LogP contribution < -0.4 is 4.74 Å². The average molecular weight is 311 g/mol. The summed E-state index contributed by atoms with van der Waals surface area (Å²) in [6.45, 7) is 0.392. The Balaban J connectivity index is 2.00. The van der Waals surface area contributed by atoms with Crippen LogP contribution in [0.4, 0.5) is 0 Å². The lowest BCUT2D eigenvalue weighted by atomic mass is 10.2. The molecule has 0 unspecified atom stereocenters. The maximum Gasteiger partial charge on any atom is 0.335 e. The largest absolute Gasteiger partial charge is 0.492 e. The van der Waals surface area contributed by atoms with Crippen molar-refractivity contribution in [3.8, 4) is 5.75 Å². The molecule has 2 aromatic carbocycles. The third-order valence-corrected chi connectivity index (χ3v) is 3.26. The van der Waals surface area contributed by atoms with Crippen molar-refractivity contribution >= 4 is 29.2 Å². The highest BCUT2D eigenvalue weighted by Crippen LogP contribution is 2.25. The van der Waals surface area contributed by atoms with E-state index in [1.165, 1.54) is 18.2 Å². The van der Waals surface area contributed by atoms with E-state index in [1.54, 1.807) is 6.07 Å². The van der Waals surface area contributed by atoms with Crippen LogP contribution in [0, 0.1) is 0 Å². The summed E-state index contributed by atoms with van der Waals surface area (Å²) in [7, 11) is 0. The van der Waals surface area contributed by atoms with Crippen molar-refractivity contribution in [2.24, 2.45) is 0 Å². The van der Waals surface area contributed by atoms with Crippen molar-refractivity contribution < 1.29 is 14.6 Å². The number of halogens is 2. The van der Waals surface area contributed by atoms with Gasteiger partial charge in [-0.2, -0.15) is 0 Å². The molecule has 0 spiro atoms. The van der Waals surface area contributed by atoms with Gasteiger partial charge in [-0.05, 0) is 35.9 Å². The number of hydrogen-bond donors (Lipinski definition) is 1. The molecule has 0 saturated carbocycles. The molecule has 0 heterocycles. The normalized spacial score (nSPS) is 10.3. The molecule has 0 fully saturated rings. The topological polar surface area (TPSA) is 46.5 Å². The molecule has 0 aliphatic heterocycles. The van der Waals surface area contributed by atoms with E-state index < -0.39 is 5.97 Å². The number of aromatic carboxylic acids is 1. The zero-order valence-corrected chi connectivity index (χ0v) is 12.0. The van der Waals surface area contributed by atoms with E-state index in [-0.39, 0.29) is 5.56 Å². The quantitative estimate of drug-likeness (QED) is 0.895. The fourth-order valence-electron chi connectivity index (χ4n) is 1.72. The molecule has 0 saturated heterocycles. The molecule has 0 amide bonds. The lowest BCUT2D eigenvalue weighted by molar-refractivity contribution is 0.0696. The molecule has 5 heteroatoms. The maximum absolute atomic E-state index is 10.9. The summed E-state index contributed by atoms with van der Waals surface area (Å²) < 4.78 is 5.53. The van der Waals surface area contributed by atoms with E-state index in [1.807, 2.05) is 18.2 Å². The Morgan fingerprint density at radius 2 is 1.95 bits per heavy atom. The average Bonchev–Trinajstić information content (AvgIpc) is 2.40. The predicted octanol–water partition coefficient (Wildman–Crippen LogP) is 4.31. The van der Waals surface area contributed by atoms with Gasteiger partial charge in [0.15, 0.2) is 0 Å². The van der Waals surface area contributed by atoms with E-state index >= 15 is 0 Å². The first-order valence-corrected chi connectivity index (χ1v) is 6.72. The van der Waals surface area contributed by atoms with Crippen molar-refractivity contribution in [1.29, 1.82) is 0 Å². The lowest BCUT2D eigenvalue weighted by Crippen LogP contribution is -2.03. The van der Waals surface area contributed by atoms with Crippen LogP contribution in [-0.2, 0) is 6.42 Å². The smallest absolute Gasteiger partial charge is 0.335 e. The van der Waals surface area contributed by atoms with Gasteiger partial charge in [0, 0.05) is 11.4 Å². The summed E-state index contributed by atoms with van der Waals surface area (Å²) >= 11 is 11.9. The van der Waals surface area contributed by atoms with Crippen LogP contribution in [0.5, 0.6) is 5.75 Å². The maximum atomic E-state index is 10.9. The second-order valence-electron chi connectivity index (χ2n) is 4.18. The SMILES string of the molecule is O=C(O)c1ccc(Cl)c(OCCc2cccc(Cl)c2)c1. The van der Waals surface area contributed by atoms with Crippen molar-refractivity contribution in [1.82, 2.24) is 0 Å². The summed E-state index contributed by atoms with van der Waals surface area (Å²) in [5.41, 5.74) is 1.19. The number of carbonyl (C=O) groups is 1. The van der Waals surface area contributed by atoms with E-state index in [2.05, 4.69) is 0 Å². The zero-order chi connectivity index (χ0) is 14.5. The van der Waals surface area contributed by atoms with Crippen LogP contribution in [-0.4, -0.2) is 17.7 Å². The highest BCUT2D eigenvalue weighted by atomic mass is 35.5. The van der Waals surface area contributed by atoms with Crippen LogP contribution in [0.25, 0.3) is 0 Å². The standard InChI is InChI=1S/C15H12Cl2O3/c16-12-3-1-2-10(8-12)6-7-20-14-9-11(15(18)19)4-5-13(14)17/h1-5,8-9H,6-7H2,(H,18,19). The monoisotopic (exact) mass is 310 g/mol. The third kappa shape index (κ3) is 3.89. The molecule has 20 heavy (non-hydrogen) atoms. The van der Waals surface area contributed by atoms with Gasteiger partial charge in [-0.15, -0.1) is 0 Å². The Labute approximate surface area is 126 Å². The first kappa shape index (κ1) is 14.7. The van der Waals surface area contributed by atoms with Crippen LogP contribution >= 0.6 is 23.2 Å². The molecule has 3 nitrogen and oxygen atoms in total. The number of rotatable bonds is 5. The van der Waals surface area contributed by atoms with Crippen molar-refractivity contribution in [2.45, 2.75) is 6.42 Å². The summed E-state index contributed by atoms with van der Waals surface area (Å²) in [5.74, 6) is -0.644. The molecule has 0 atom stereocenters. The van der Waals surface area contributed by atoms with E-state index in [0.717, 1.165) is 5.56 Å². The summed E-state index contributed by atoms with van der Waals surface area (Å²) in [5, 5.41) is 9.99. The molecule has 104 valence electrons. The highest BCUT2D eigenvalue weighted by Gasteiger charge is 2.08. The van der Waals surface area contributed by atoms with Crippen LogP contribution in [0.1, 0.15) is 15.9 Å². The second kappa shape index (κ2) is 6.64. The molecule has 0 aliphatic carbocycles. The fourth-order valence-corrected chi connectivity index (χ4v) is 2.10. The second-order valence-corrected chi connectivity index (χ2v) is 5.02. The van der Waals surface area contributed by atoms with Gasteiger partial charge in [-0.1, -0.05) is 35.3 Å². The van der Waals surface area contributed by atoms with Gasteiger partial charge in [0.1, 0.15) is 5.75 Å². The summed E-state index contributed by atoms with van der Waals surface area (Å²) in [4.78, 5) is 10.9. The molecule has 0 bridgehead atoms. The lowest BCUT2D eigenvalue weighted by Gasteiger charge is -2.09. The molecule has 0 aliphatic rings. The van der Waals surface area contributed by atoms with Gasteiger partial charge in [0.05, 0.1) is 17.2 Å². The number of carboxylic acids is 1. The fraction of sp³-hybridized carbons (Fsp3) is 0.133. The Kier molecular flexibility index (Phi) is 4.88. The molecule has 2 rings (SSSR count). The third-order valence-electron chi connectivity index (χ3n) is 2.72. The Hall–Kier alpha value is -1.71. The van der Waals surface area contributed by atoms with Gasteiger partial charge in [-0.3, -0.25) is 0 Å². The van der Waals surface area contributed by atoms with E-state index in [0.29, 0.717) is 28.8 Å². The Bertz CT molecular complexity index is 626. The van der Waals surface area contributed by atoms with E-state index in [9.17, 15) is 4.79 Å². The minimum Gasteiger partial charge on any atom is -0.492 e. The molecule has 2 aromatic rings. The van der Waals surface area contributed by atoms with Gasteiger partial charge >= 0.3 is 5.97 Å². The van der Waals surface area contributed by atoms with Gasteiger partial charge in [0.2, 0.25) is 0 Å². The van der Waals surface area contributed by atoms with Gasteiger partial charge < -0.3 is 9.84 Å². The van der Waals surface area contributed by atoms with Crippen LogP contribution in [0.15, 0.2) is 42.5 Å². The molecular formula is C15H12Cl2O3. The van der Waals surface area contributed by atoms with Crippen molar-refractivity contribution in [3.05, 3.63) is 63.6 Å². The number of benzene rings is 2. The molecule has 0 radical (unpaired) electrons. The van der Waals surface area contributed by atoms with Gasteiger partial charge in [0.25, 0.3) is 0 Å². The number of ether oxygens (including phenoxy) is 1. The van der Waals surface area contributed by atoms with Crippen LogP contribution in [0.2, 0.25) is 10.0 Å². The first-order valence-electron chi connectivity index (χ1n) is 5.96. The van der Waals surface area contributed by atoms with E-state index in [4.69, 9.17) is 33.0 Å². The Morgan fingerprint density at radius 3 is 2.65 bits per heavy atom. The summed E-state index contributed by atoms with van der Waals surface area (Å²) in [6, 6.07) is 11.9. The number of hydrogen-bond acceptors (Lipinski definition) is 2. The van der Waals surface area contributed by atoms with Crippen molar-refractivity contribution in [2.75, 3.05) is 6.61 Å². The Morgan fingerprint density at radius 1 is 1.15 bits per heavy atom. The minimum atomic E-state index is -1.01. The molecule has 1 N–H and O–H groups in total. The first-order chi connectivity index (χ1) is 9.56. The number of carboxylic acid groups (broad SMARTS) is 1.